The molecule has 0 aliphatic heterocycles. The highest BCUT2D eigenvalue weighted by Crippen LogP contribution is 2.15. The fourth-order valence-corrected chi connectivity index (χ4v) is 1.57. The number of H-pyrrole nitrogens is 1. The van der Waals surface area contributed by atoms with Gasteiger partial charge in [-0.25, -0.2) is 4.98 Å². The second-order valence-electron chi connectivity index (χ2n) is 3.99. The van der Waals surface area contributed by atoms with E-state index in [0.717, 1.165) is 16.8 Å². The SMILES string of the molecule is Cc1cccc(-c2nc(C)c(C)c(=O)[nH]2)c1. The van der Waals surface area contributed by atoms with E-state index in [4.69, 9.17) is 0 Å². The van der Waals surface area contributed by atoms with Gasteiger partial charge >= 0.3 is 0 Å². The zero-order valence-electron chi connectivity index (χ0n) is 9.66. The molecule has 82 valence electrons. The van der Waals surface area contributed by atoms with E-state index in [1.807, 2.05) is 38.1 Å². The minimum Gasteiger partial charge on any atom is -0.306 e. The molecule has 16 heavy (non-hydrogen) atoms. The largest absolute Gasteiger partial charge is 0.306 e. The second kappa shape index (κ2) is 3.93. The quantitative estimate of drug-likeness (QED) is 0.792. The van der Waals surface area contributed by atoms with Crippen LogP contribution in [0.1, 0.15) is 16.8 Å². The van der Waals surface area contributed by atoms with E-state index in [-0.39, 0.29) is 5.56 Å². The highest BCUT2D eigenvalue weighted by molar-refractivity contribution is 5.56. The van der Waals surface area contributed by atoms with Crippen LogP contribution >= 0.6 is 0 Å². The Hall–Kier alpha value is -1.90. The van der Waals surface area contributed by atoms with E-state index in [1.54, 1.807) is 6.92 Å². The van der Waals surface area contributed by atoms with Crippen LogP contribution in [0.15, 0.2) is 29.1 Å². The van der Waals surface area contributed by atoms with Crippen molar-refractivity contribution in [1.29, 1.82) is 0 Å². The number of rotatable bonds is 1. The maximum Gasteiger partial charge on any atom is 0.254 e. The lowest BCUT2D eigenvalue weighted by atomic mass is 10.1. The monoisotopic (exact) mass is 214 g/mol. The summed E-state index contributed by atoms with van der Waals surface area (Å²) >= 11 is 0. The first-order chi connectivity index (χ1) is 7.58. The van der Waals surface area contributed by atoms with Gasteiger partial charge in [0.25, 0.3) is 5.56 Å². The molecule has 0 saturated heterocycles. The van der Waals surface area contributed by atoms with Gasteiger partial charge in [0.1, 0.15) is 5.82 Å². The van der Waals surface area contributed by atoms with Gasteiger partial charge in [0, 0.05) is 16.8 Å². The molecule has 0 amide bonds. The average molecular weight is 214 g/mol. The Balaban J connectivity index is 2.61. The van der Waals surface area contributed by atoms with Crippen molar-refractivity contribution < 1.29 is 0 Å². The first kappa shape index (κ1) is 10.6. The van der Waals surface area contributed by atoms with Crippen LogP contribution in [0.5, 0.6) is 0 Å². The Morgan fingerprint density at radius 1 is 1.19 bits per heavy atom. The standard InChI is InChI=1S/C13H14N2O/c1-8-5-4-6-11(7-8)12-14-10(3)9(2)13(16)15-12/h4-7H,1-3H3,(H,14,15,16). The number of nitrogens with one attached hydrogen (secondary N) is 1. The Bertz CT molecular complexity index is 585. The zero-order chi connectivity index (χ0) is 11.7. The molecule has 0 atom stereocenters. The van der Waals surface area contributed by atoms with Crippen molar-refractivity contribution in [1.82, 2.24) is 9.97 Å². The third-order valence-corrected chi connectivity index (χ3v) is 2.69. The van der Waals surface area contributed by atoms with Crippen molar-refractivity contribution in [3.05, 3.63) is 51.4 Å². The van der Waals surface area contributed by atoms with Crippen molar-refractivity contribution >= 4 is 0 Å². The summed E-state index contributed by atoms with van der Waals surface area (Å²) in [5.74, 6) is 0.636. The molecule has 0 fully saturated rings. The Labute approximate surface area is 94.2 Å². The fourth-order valence-electron chi connectivity index (χ4n) is 1.57. The minimum atomic E-state index is -0.0657. The number of aromatic nitrogens is 2. The maximum absolute atomic E-state index is 11.6. The summed E-state index contributed by atoms with van der Waals surface area (Å²) in [5, 5.41) is 0. The summed E-state index contributed by atoms with van der Waals surface area (Å²) in [7, 11) is 0. The van der Waals surface area contributed by atoms with Gasteiger partial charge in [-0.15, -0.1) is 0 Å². The molecule has 3 heteroatoms. The van der Waals surface area contributed by atoms with Gasteiger partial charge in [0.15, 0.2) is 0 Å². The van der Waals surface area contributed by atoms with E-state index in [9.17, 15) is 4.79 Å². The van der Waals surface area contributed by atoms with Crippen molar-refractivity contribution in [3.63, 3.8) is 0 Å². The summed E-state index contributed by atoms with van der Waals surface area (Å²) in [6.07, 6.45) is 0. The number of aromatic amines is 1. The molecule has 1 aromatic heterocycles. The summed E-state index contributed by atoms with van der Waals surface area (Å²) in [6, 6.07) is 7.93. The molecule has 2 rings (SSSR count). The van der Waals surface area contributed by atoms with Crippen LogP contribution in [0.25, 0.3) is 11.4 Å². The molecule has 1 aromatic carbocycles. The van der Waals surface area contributed by atoms with E-state index in [1.165, 1.54) is 0 Å². The molecule has 0 radical (unpaired) electrons. The Kier molecular flexibility index (Phi) is 2.60. The molecular weight excluding hydrogens is 200 g/mol. The highest BCUT2D eigenvalue weighted by Gasteiger charge is 2.05. The van der Waals surface area contributed by atoms with Crippen LogP contribution < -0.4 is 5.56 Å². The maximum atomic E-state index is 11.6. The van der Waals surface area contributed by atoms with Crippen LogP contribution in [0.2, 0.25) is 0 Å². The van der Waals surface area contributed by atoms with Gasteiger partial charge in [-0.3, -0.25) is 4.79 Å². The minimum absolute atomic E-state index is 0.0657. The molecule has 2 aromatic rings. The molecular formula is C13H14N2O. The van der Waals surface area contributed by atoms with Gasteiger partial charge in [0.05, 0.1) is 0 Å². The van der Waals surface area contributed by atoms with Crippen molar-refractivity contribution in [2.45, 2.75) is 20.8 Å². The van der Waals surface area contributed by atoms with Crippen LogP contribution in [-0.4, -0.2) is 9.97 Å². The van der Waals surface area contributed by atoms with Crippen molar-refractivity contribution in [2.24, 2.45) is 0 Å². The topological polar surface area (TPSA) is 45.8 Å². The van der Waals surface area contributed by atoms with Crippen molar-refractivity contribution in [3.8, 4) is 11.4 Å². The van der Waals surface area contributed by atoms with E-state index in [2.05, 4.69) is 9.97 Å². The van der Waals surface area contributed by atoms with E-state index in [0.29, 0.717) is 11.4 Å². The smallest absolute Gasteiger partial charge is 0.254 e. The van der Waals surface area contributed by atoms with Crippen LogP contribution in [0.3, 0.4) is 0 Å². The van der Waals surface area contributed by atoms with Gasteiger partial charge < -0.3 is 4.98 Å². The fraction of sp³-hybridized carbons (Fsp3) is 0.231. The third-order valence-electron chi connectivity index (χ3n) is 2.69. The number of hydrogen-bond acceptors (Lipinski definition) is 2. The summed E-state index contributed by atoms with van der Waals surface area (Å²) < 4.78 is 0. The summed E-state index contributed by atoms with van der Waals surface area (Å²) in [6.45, 7) is 5.65. The third kappa shape index (κ3) is 1.89. The molecule has 1 N–H and O–H groups in total. The lowest BCUT2D eigenvalue weighted by molar-refractivity contribution is 1.03. The predicted octanol–water partition coefficient (Wildman–Crippen LogP) is 2.36. The molecule has 1 heterocycles. The normalized spacial score (nSPS) is 10.4. The number of nitrogens with zero attached hydrogens (tertiary/aromatic N) is 1. The predicted molar refractivity (Wildman–Crippen MR) is 64.5 cm³/mol. The van der Waals surface area contributed by atoms with Gasteiger partial charge in [0.2, 0.25) is 0 Å². The first-order valence-electron chi connectivity index (χ1n) is 5.22. The molecule has 0 spiro atoms. The number of aryl methyl sites for hydroxylation is 2. The molecule has 0 unspecified atom stereocenters. The number of benzene rings is 1. The van der Waals surface area contributed by atoms with E-state index >= 15 is 0 Å². The second-order valence-corrected chi connectivity index (χ2v) is 3.99. The lowest BCUT2D eigenvalue weighted by Crippen LogP contribution is -2.14. The van der Waals surface area contributed by atoms with Crippen LogP contribution in [0.4, 0.5) is 0 Å². The highest BCUT2D eigenvalue weighted by atomic mass is 16.1. The summed E-state index contributed by atoms with van der Waals surface area (Å²) in [4.78, 5) is 18.8. The molecule has 0 aliphatic rings. The first-order valence-corrected chi connectivity index (χ1v) is 5.22. The molecule has 3 nitrogen and oxygen atoms in total. The average Bonchev–Trinajstić information content (AvgIpc) is 2.25. The van der Waals surface area contributed by atoms with Gasteiger partial charge in [-0.05, 0) is 26.8 Å². The molecule has 0 saturated carbocycles. The number of hydrogen-bond donors (Lipinski definition) is 1. The van der Waals surface area contributed by atoms with Crippen molar-refractivity contribution in [2.75, 3.05) is 0 Å². The van der Waals surface area contributed by atoms with E-state index < -0.39 is 0 Å². The van der Waals surface area contributed by atoms with Crippen LogP contribution in [-0.2, 0) is 0 Å². The molecule has 0 aliphatic carbocycles. The molecule has 0 bridgehead atoms. The summed E-state index contributed by atoms with van der Waals surface area (Å²) in [5.41, 5.74) is 3.49. The zero-order valence-corrected chi connectivity index (χ0v) is 9.66. The van der Waals surface area contributed by atoms with Gasteiger partial charge in [-0.1, -0.05) is 23.8 Å². The van der Waals surface area contributed by atoms with Crippen LogP contribution in [0, 0.1) is 20.8 Å². The lowest BCUT2D eigenvalue weighted by Gasteiger charge is -2.04. The Morgan fingerprint density at radius 3 is 2.56 bits per heavy atom. The Morgan fingerprint density at radius 2 is 1.94 bits per heavy atom. The van der Waals surface area contributed by atoms with Gasteiger partial charge in [-0.2, -0.15) is 0 Å².